The van der Waals surface area contributed by atoms with Crippen LogP contribution in [-0.4, -0.2) is 38.5 Å². The zero-order chi connectivity index (χ0) is 20.3. The van der Waals surface area contributed by atoms with Gasteiger partial charge in [0, 0.05) is 30.4 Å². The molecule has 0 radical (unpaired) electrons. The van der Waals surface area contributed by atoms with Gasteiger partial charge in [-0.05, 0) is 36.4 Å². The number of thioether (sulfide) groups is 1. The Morgan fingerprint density at radius 1 is 1.21 bits per heavy atom. The van der Waals surface area contributed by atoms with Crippen molar-refractivity contribution in [2.45, 2.75) is 5.16 Å². The molecule has 28 heavy (non-hydrogen) atoms. The number of hydrogen-bond donors (Lipinski definition) is 1. The second kappa shape index (κ2) is 8.05. The first-order chi connectivity index (χ1) is 13.4. The molecule has 0 spiro atoms. The van der Waals surface area contributed by atoms with Crippen molar-refractivity contribution in [1.29, 1.82) is 0 Å². The first-order valence-electron chi connectivity index (χ1n) is 7.97. The van der Waals surface area contributed by atoms with Gasteiger partial charge >= 0.3 is 0 Å². The third-order valence-electron chi connectivity index (χ3n) is 3.91. The van der Waals surface area contributed by atoms with Crippen LogP contribution in [0.15, 0.2) is 53.7 Å². The molecule has 0 bridgehead atoms. The quantitative estimate of drug-likeness (QED) is 0.291. The van der Waals surface area contributed by atoms with Gasteiger partial charge in [-0.25, -0.2) is 9.07 Å². The minimum absolute atomic E-state index is 0.0340. The summed E-state index contributed by atoms with van der Waals surface area (Å²) in [6.07, 6.45) is 0. The van der Waals surface area contributed by atoms with Gasteiger partial charge in [-0.3, -0.25) is 14.9 Å². The summed E-state index contributed by atoms with van der Waals surface area (Å²) in [6, 6.07) is 11.3. The highest BCUT2D eigenvalue weighted by Gasteiger charge is 2.17. The van der Waals surface area contributed by atoms with Gasteiger partial charge in [0.25, 0.3) is 5.69 Å². The average Bonchev–Trinajstić information content (AvgIpc) is 3.06. The second-order valence-corrected chi connectivity index (χ2v) is 6.64. The molecular weight excluding hydrogens is 387 g/mol. The maximum atomic E-state index is 13.0. The van der Waals surface area contributed by atoms with Crippen LogP contribution in [0.4, 0.5) is 15.8 Å². The SMILES string of the molecule is CN(C(=O)CSc1nnc(-c2ccc(F)cc2)n1N)c1ccc([N+](=O)[O-])cc1. The van der Waals surface area contributed by atoms with Crippen molar-refractivity contribution in [3.8, 4) is 11.4 Å². The van der Waals surface area contributed by atoms with Crippen molar-refractivity contribution in [1.82, 2.24) is 14.9 Å². The molecule has 0 unspecified atom stereocenters. The molecule has 0 aliphatic rings. The smallest absolute Gasteiger partial charge is 0.269 e. The number of aromatic nitrogens is 3. The van der Waals surface area contributed by atoms with E-state index in [0.717, 1.165) is 11.8 Å². The fourth-order valence-corrected chi connectivity index (χ4v) is 3.11. The normalized spacial score (nSPS) is 10.6. The molecule has 144 valence electrons. The standard InChI is InChI=1S/C17H15FN6O3S/c1-22(13-6-8-14(9-7-13)24(26)27)15(25)10-28-17-21-20-16(23(17)19)11-2-4-12(18)5-3-11/h2-9H,10,19H2,1H3. The molecule has 1 amide bonds. The molecule has 3 aromatic rings. The van der Waals surface area contributed by atoms with Gasteiger partial charge in [0.15, 0.2) is 5.82 Å². The predicted molar refractivity (Wildman–Crippen MR) is 103 cm³/mol. The van der Waals surface area contributed by atoms with Gasteiger partial charge in [0.2, 0.25) is 11.1 Å². The van der Waals surface area contributed by atoms with Gasteiger partial charge in [0.1, 0.15) is 5.82 Å². The highest BCUT2D eigenvalue weighted by molar-refractivity contribution is 7.99. The van der Waals surface area contributed by atoms with Crippen molar-refractivity contribution in [2.24, 2.45) is 0 Å². The van der Waals surface area contributed by atoms with Crippen molar-refractivity contribution in [3.63, 3.8) is 0 Å². The Hall–Kier alpha value is -3.47. The van der Waals surface area contributed by atoms with E-state index in [4.69, 9.17) is 5.84 Å². The number of anilines is 1. The summed E-state index contributed by atoms with van der Waals surface area (Å²) in [6.45, 7) is 0. The number of nitrogens with two attached hydrogens (primary N) is 1. The van der Waals surface area contributed by atoms with Crippen molar-refractivity contribution in [3.05, 3.63) is 64.5 Å². The van der Waals surface area contributed by atoms with Crippen LogP contribution in [0.3, 0.4) is 0 Å². The predicted octanol–water partition coefficient (Wildman–Crippen LogP) is 2.46. The molecule has 0 saturated carbocycles. The summed E-state index contributed by atoms with van der Waals surface area (Å²) < 4.78 is 14.3. The first-order valence-corrected chi connectivity index (χ1v) is 8.95. The molecule has 1 heterocycles. The fraction of sp³-hybridized carbons (Fsp3) is 0.118. The Labute approximate surface area is 163 Å². The summed E-state index contributed by atoms with van der Waals surface area (Å²) in [5, 5.41) is 19.0. The van der Waals surface area contributed by atoms with Crippen LogP contribution >= 0.6 is 11.8 Å². The van der Waals surface area contributed by atoms with E-state index < -0.39 is 4.92 Å². The van der Waals surface area contributed by atoms with Crippen LogP contribution in [0, 0.1) is 15.9 Å². The topological polar surface area (TPSA) is 120 Å². The molecule has 0 aliphatic carbocycles. The summed E-state index contributed by atoms with van der Waals surface area (Å²) >= 11 is 1.10. The zero-order valence-electron chi connectivity index (χ0n) is 14.7. The average molecular weight is 402 g/mol. The number of nitro groups is 1. The van der Waals surface area contributed by atoms with E-state index in [-0.39, 0.29) is 23.2 Å². The van der Waals surface area contributed by atoms with E-state index in [9.17, 15) is 19.3 Å². The molecule has 1 aromatic heterocycles. The molecule has 2 N–H and O–H groups in total. The lowest BCUT2D eigenvalue weighted by Gasteiger charge is -2.16. The molecule has 11 heteroatoms. The van der Waals surface area contributed by atoms with Gasteiger partial charge in [-0.15, -0.1) is 10.2 Å². The molecule has 2 aromatic carbocycles. The van der Waals surface area contributed by atoms with Gasteiger partial charge in [-0.1, -0.05) is 11.8 Å². The molecule has 0 fully saturated rings. The molecule has 0 saturated heterocycles. The number of nitrogen functional groups attached to an aromatic ring is 1. The molecule has 0 aliphatic heterocycles. The number of hydrogen-bond acceptors (Lipinski definition) is 7. The minimum atomic E-state index is -0.506. The molecular formula is C17H15FN6O3S. The summed E-state index contributed by atoms with van der Waals surface area (Å²) in [4.78, 5) is 24.0. The van der Waals surface area contributed by atoms with E-state index >= 15 is 0 Å². The number of benzene rings is 2. The van der Waals surface area contributed by atoms with E-state index in [1.165, 1.54) is 58.1 Å². The van der Waals surface area contributed by atoms with Gasteiger partial charge in [0.05, 0.1) is 10.7 Å². The number of carbonyl (C=O) groups excluding carboxylic acids is 1. The lowest BCUT2D eigenvalue weighted by molar-refractivity contribution is -0.384. The Bertz CT molecular complexity index is 1010. The van der Waals surface area contributed by atoms with Crippen LogP contribution in [-0.2, 0) is 4.79 Å². The zero-order valence-corrected chi connectivity index (χ0v) is 15.5. The number of rotatable bonds is 6. The third kappa shape index (κ3) is 4.09. The monoisotopic (exact) mass is 402 g/mol. The van der Waals surface area contributed by atoms with E-state index in [1.807, 2.05) is 0 Å². The van der Waals surface area contributed by atoms with E-state index in [2.05, 4.69) is 10.2 Å². The third-order valence-corrected chi connectivity index (χ3v) is 4.84. The summed E-state index contributed by atoms with van der Waals surface area (Å²) in [7, 11) is 1.57. The molecule has 9 nitrogen and oxygen atoms in total. The lowest BCUT2D eigenvalue weighted by atomic mass is 10.2. The number of nitro benzene ring substituents is 1. The van der Waals surface area contributed by atoms with Crippen molar-refractivity contribution in [2.75, 3.05) is 23.5 Å². The second-order valence-electron chi connectivity index (χ2n) is 5.70. The number of carbonyl (C=O) groups is 1. The minimum Gasteiger partial charge on any atom is -0.335 e. The maximum Gasteiger partial charge on any atom is 0.269 e. The van der Waals surface area contributed by atoms with Crippen LogP contribution in [0.5, 0.6) is 0 Å². The Balaban J connectivity index is 1.66. The number of nitrogens with zero attached hydrogens (tertiary/aromatic N) is 5. The van der Waals surface area contributed by atoms with Crippen LogP contribution in [0.1, 0.15) is 0 Å². The maximum absolute atomic E-state index is 13.0. The van der Waals surface area contributed by atoms with Gasteiger partial charge in [-0.2, -0.15) is 0 Å². The number of non-ortho nitro benzene ring substituents is 1. The molecule has 3 rings (SSSR count). The van der Waals surface area contributed by atoms with Crippen LogP contribution in [0.2, 0.25) is 0 Å². The summed E-state index contributed by atoms with van der Waals surface area (Å²) in [5.74, 6) is 5.74. The number of halogens is 1. The fourth-order valence-electron chi connectivity index (χ4n) is 2.34. The number of amides is 1. The van der Waals surface area contributed by atoms with Crippen molar-refractivity contribution < 1.29 is 14.1 Å². The van der Waals surface area contributed by atoms with E-state index in [1.54, 1.807) is 7.05 Å². The van der Waals surface area contributed by atoms with Gasteiger partial charge < -0.3 is 10.7 Å². The molecule has 0 atom stereocenters. The van der Waals surface area contributed by atoms with E-state index in [0.29, 0.717) is 22.2 Å². The highest BCUT2D eigenvalue weighted by Crippen LogP contribution is 2.23. The Morgan fingerprint density at radius 3 is 2.46 bits per heavy atom. The Kier molecular flexibility index (Phi) is 5.54. The van der Waals surface area contributed by atoms with Crippen molar-refractivity contribution >= 4 is 29.0 Å². The van der Waals surface area contributed by atoms with Crippen LogP contribution < -0.4 is 10.7 Å². The highest BCUT2D eigenvalue weighted by atomic mass is 32.2. The first kappa shape index (κ1) is 19.3. The lowest BCUT2D eigenvalue weighted by Crippen LogP contribution is -2.28. The summed E-state index contributed by atoms with van der Waals surface area (Å²) in [5.41, 5.74) is 1.07. The Morgan fingerprint density at radius 2 is 1.86 bits per heavy atom. The van der Waals surface area contributed by atoms with Crippen LogP contribution in [0.25, 0.3) is 11.4 Å². The largest absolute Gasteiger partial charge is 0.335 e.